The summed E-state index contributed by atoms with van der Waals surface area (Å²) in [5.74, 6) is 1.67. The van der Waals surface area contributed by atoms with Crippen molar-refractivity contribution in [2.24, 2.45) is 0 Å². The van der Waals surface area contributed by atoms with Gasteiger partial charge in [-0.15, -0.1) is 0 Å². The minimum atomic E-state index is 0.337. The van der Waals surface area contributed by atoms with Crippen molar-refractivity contribution < 1.29 is 9.47 Å². The first kappa shape index (κ1) is 9.57. The number of rotatable bonds is 1. The van der Waals surface area contributed by atoms with Gasteiger partial charge in [-0.1, -0.05) is 6.07 Å². The van der Waals surface area contributed by atoms with Crippen molar-refractivity contribution in [3.63, 3.8) is 0 Å². The van der Waals surface area contributed by atoms with Crippen LogP contribution in [0.5, 0.6) is 11.5 Å². The second kappa shape index (κ2) is 4.04. The van der Waals surface area contributed by atoms with E-state index in [1.165, 1.54) is 1.59 Å². The number of halogens is 2. The molecule has 0 aromatic heterocycles. The van der Waals surface area contributed by atoms with Gasteiger partial charge in [-0.3, -0.25) is 0 Å². The molecule has 0 atom stereocenters. The molecule has 13 heavy (non-hydrogen) atoms. The number of hydrogen-bond acceptors (Lipinski definition) is 2. The molecule has 68 valence electrons. The molecule has 0 saturated carbocycles. The molecular weight excluding hydrogens is 394 g/mol. The molecule has 1 aliphatic rings. The Bertz CT molecular complexity index is 357. The Morgan fingerprint density at radius 3 is 2.77 bits per heavy atom. The van der Waals surface area contributed by atoms with Crippen LogP contribution in [0.15, 0.2) is 19.8 Å². The van der Waals surface area contributed by atoms with Crippen molar-refractivity contribution in [2.75, 3.05) is 6.79 Å². The summed E-state index contributed by atoms with van der Waals surface area (Å²) in [4.78, 5) is 0. The van der Waals surface area contributed by atoms with Gasteiger partial charge in [-0.05, 0) is 69.0 Å². The Labute approximate surface area is 104 Å². The standard InChI is InChI=1S/C9H6I2O2/c10-9(11)4-6-1-2-7-8(3-6)13-5-12-7/h1-4H,5H2. The summed E-state index contributed by atoms with van der Waals surface area (Å²) in [6.07, 6.45) is 2.09. The van der Waals surface area contributed by atoms with Crippen LogP contribution in [0.4, 0.5) is 0 Å². The van der Waals surface area contributed by atoms with Gasteiger partial charge in [0.1, 0.15) is 0 Å². The summed E-state index contributed by atoms with van der Waals surface area (Å²) >= 11 is 4.54. The summed E-state index contributed by atoms with van der Waals surface area (Å²) in [6, 6.07) is 5.94. The quantitative estimate of drug-likeness (QED) is 0.672. The number of benzene rings is 1. The van der Waals surface area contributed by atoms with Crippen LogP contribution in [0.25, 0.3) is 6.08 Å². The molecule has 2 nitrogen and oxygen atoms in total. The lowest BCUT2D eigenvalue weighted by atomic mass is 10.2. The topological polar surface area (TPSA) is 18.5 Å². The zero-order chi connectivity index (χ0) is 9.26. The lowest BCUT2D eigenvalue weighted by Gasteiger charge is -1.97. The lowest BCUT2D eigenvalue weighted by Crippen LogP contribution is -1.92. The fraction of sp³-hybridized carbons (Fsp3) is 0.111. The summed E-state index contributed by atoms with van der Waals surface area (Å²) < 4.78 is 11.7. The zero-order valence-electron chi connectivity index (χ0n) is 6.59. The first-order chi connectivity index (χ1) is 6.25. The average Bonchev–Trinajstić information content (AvgIpc) is 2.49. The van der Waals surface area contributed by atoms with Crippen LogP contribution in [0.2, 0.25) is 0 Å². The van der Waals surface area contributed by atoms with Gasteiger partial charge in [0, 0.05) is 0 Å². The van der Waals surface area contributed by atoms with E-state index in [0.29, 0.717) is 6.79 Å². The predicted molar refractivity (Wildman–Crippen MR) is 68.6 cm³/mol. The number of fused-ring (bicyclic) bond motifs is 1. The summed E-state index contributed by atoms with van der Waals surface area (Å²) in [7, 11) is 0. The molecule has 0 N–H and O–H groups in total. The molecule has 0 radical (unpaired) electrons. The van der Waals surface area contributed by atoms with Gasteiger partial charge in [0.05, 0.1) is 1.59 Å². The highest BCUT2D eigenvalue weighted by atomic mass is 127. The third kappa shape index (κ3) is 2.28. The van der Waals surface area contributed by atoms with E-state index in [9.17, 15) is 0 Å². The lowest BCUT2D eigenvalue weighted by molar-refractivity contribution is 0.174. The van der Waals surface area contributed by atoms with E-state index >= 15 is 0 Å². The zero-order valence-corrected chi connectivity index (χ0v) is 10.9. The van der Waals surface area contributed by atoms with Crippen LogP contribution in [0, 0.1) is 0 Å². The van der Waals surface area contributed by atoms with Gasteiger partial charge in [0.25, 0.3) is 0 Å². The van der Waals surface area contributed by atoms with E-state index in [1.807, 2.05) is 18.2 Å². The summed E-state index contributed by atoms with van der Waals surface area (Å²) in [5, 5.41) is 0. The summed E-state index contributed by atoms with van der Waals surface area (Å²) in [5.41, 5.74) is 1.14. The smallest absolute Gasteiger partial charge is 0.231 e. The molecular formula is C9H6I2O2. The molecule has 2 rings (SSSR count). The molecule has 1 heterocycles. The van der Waals surface area contributed by atoms with Gasteiger partial charge >= 0.3 is 0 Å². The fourth-order valence-corrected chi connectivity index (χ4v) is 1.85. The first-order valence-electron chi connectivity index (χ1n) is 3.68. The average molecular weight is 400 g/mol. The highest BCUT2D eigenvalue weighted by Gasteiger charge is 2.12. The van der Waals surface area contributed by atoms with E-state index in [4.69, 9.17) is 9.47 Å². The van der Waals surface area contributed by atoms with Crippen LogP contribution >= 0.6 is 45.2 Å². The van der Waals surface area contributed by atoms with Crippen molar-refractivity contribution in [2.45, 2.75) is 0 Å². The predicted octanol–water partition coefficient (Wildman–Crippen LogP) is 3.58. The van der Waals surface area contributed by atoms with E-state index in [-0.39, 0.29) is 0 Å². The van der Waals surface area contributed by atoms with Crippen LogP contribution in [0.1, 0.15) is 5.56 Å². The summed E-state index contributed by atoms with van der Waals surface area (Å²) in [6.45, 7) is 0.337. The molecule has 0 unspecified atom stereocenters. The highest BCUT2D eigenvalue weighted by molar-refractivity contribution is 14.2. The maximum atomic E-state index is 5.26. The maximum absolute atomic E-state index is 5.26. The number of ether oxygens (including phenoxy) is 2. The molecule has 0 spiro atoms. The Hall–Kier alpha value is 0.0200. The van der Waals surface area contributed by atoms with Gasteiger partial charge < -0.3 is 9.47 Å². The molecule has 4 heteroatoms. The molecule has 1 aromatic carbocycles. The van der Waals surface area contributed by atoms with Crippen molar-refractivity contribution in [3.8, 4) is 11.5 Å². The monoisotopic (exact) mass is 400 g/mol. The van der Waals surface area contributed by atoms with E-state index in [2.05, 4.69) is 51.3 Å². The van der Waals surface area contributed by atoms with E-state index in [1.54, 1.807) is 0 Å². The normalized spacial score (nSPS) is 12.8. The van der Waals surface area contributed by atoms with Gasteiger partial charge in [0.2, 0.25) is 6.79 Å². The van der Waals surface area contributed by atoms with Crippen LogP contribution in [0.3, 0.4) is 0 Å². The SMILES string of the molecule is IC(I)=Cc1ccc2c(c1)OCO2. The largest absolute Gasteiger partial charge is 0.454 e. The molecule has 0 bridgehead atoms. The third-order valence-corrected chi connectivity index (χ3v) is 2.30. The highest BCUT2D eigenvalue weighted by Crippen LogP contribution is 2.33. The molecule has 0 aliphatic carbocycles. The van der Waals surface area contributed by atoms with Gasteiger partial charge in [0.15, 0.2) is 11.5 Å². The minimum Gasteiger partial charge on any atom is -0.454 e. The van der Waals surface area contributed by atoms with Crippen molar-refractivity contribution in [1.29, 1.82) is 0 Å². The Morgan fingerprint density at radius 1 is 1.23 bits per heavy atom. The Morgan fingerprint density at radius 2 is 2.00 bits per heavy atom. The van der Waals surface area contributed by atoms with Crippen LogP contribution in [-0.4, -0.2) is 6.79 Å². The van der Waals surface area contributed by atoms with E-state index < -0.39 is 0 Å². The van der Waals surface area contributed by atoms with Crippen molar-refractivity contribution in [1.82, 2.24) is 0 Å². The fourth-order valence-electron chi connectivity index (χ4n) is 1.13. The van der Waals surface area contributed by atoms with E-state index in [0.717, 1.165) is 17.1 Å². The van der Waals surface area contributed by atoms with Crippen LogP contribution in [-0.2, 0) is 0 Å². The number of hydrogen-bond donors (Lipinski definition) is 0. The Kier molecular flexibility index (Phi) is 2.97. The third-order valence-electron chi connectivity index (χ3n) is 1.67. The first-order valence-corrected chi connectivity index (χ1v) is 5.84. The van der Waals surface area contributed by atoms with Crippen LogP contribution < -0.4 is 9.47 Å². The van der Waals surface area contributed by atoms with Crippen molar-refractivity contribution >= 4 is 51.3 Å². The molecule has 0 saturated heterocycles. The second-order valence-corrected chi connectivity index (χ2v) is 6.94. The van der Waals surface area contributed by atoms with Crippen molar-refractivity contribution in [3.05, 3.63) is 25.3 Å². The molecule has 0 fully saturated rings. The maximum Gasteiger partial charge on any atom is 0.231 e. The van der Waals surface area contributed by atoms with Gasteiger partial charge in [-0.25, -0.2) is 0 Å². The molecule has 1 aromatic rings. The second-order valence-electron chi connectivity index (χ2n) is 2.55. The minimum absolute atomic E-state index is 0.337. The van der Waals surface area contributed by atoms with Gasteiger partial charge in [-0.2, -0.15) is 0 Å². The molecule has 1 aliphatic heterocycles. The Balaban J connectivity index is 2.36. The molecule has 0 amide bonds.